The van der Waals surface area contributed by atoms with Crippen molar-refractivity contribution in [2.75, 3.05) is 0 Å². The monoisotopic (exact) mass is 247 g/mol. The lowest BCUT2D eigenvalue weighted by Crippen LogP contribution is -2.47. The van der Waals surface area contributed by atoms with Crippen molar-refractivity contribution in [1.82, 2.24) is 5.06 Å². The van der Waals surface area contributed by atoms with Crippen LogP contribution in [-0.2, 0) is 16.1 Å². The molecule has 98 valence electrons. The molecule has 0 radical (unpaired) electrons. The first-order valence-corrected chi connectivity index (χ1v) is 6.71. The lowest BCUT2D eigenvalue weighted by Gasteiger charge is -2.39. The van der Waals surface area contributed by atoms with E-state index in [1.807, 2.05) is 6.07 Å². The van der Waals surface area contributed by atoms with Gasteiger partial charge < -0.3 is 4.74 Å². The first-order chi connectivity index (χ1) is 8.56. The lowest BCUT2D eigenvalue weighted by atomic mass is 9.82. The van der Waals surface area contributed by atoms with E-state index in [2.05, 4.69) is 50.1 Å². The standard InChI is InChI=1S/C15H21NO2/c1-11-13-9-14(17-15(11,2)3)18-16(13)10-12-7-5-4-6-8-12/h4-8,11,13-14H,9-10H2,1-3H3. The van der Waals surface area contributed by atoms with Crippen molar-refractivity contribution in [2.45, 2.75) is 51.7 Å². The second kappa shape index (κ2) is 4.34. The summed E-state index contributed by atoms with van der Waals surface area (Å²) in [6, 6.07) is 10.9. The molecule has 2 fully saturated rings. The van der Waals surface area contributed by atoms with Gasteiger partial charge in [0.1, 0.15) is 0 Å². The van der Waals surface area contributed by atoms with E-state index in [1.54, 1.807) is 0 Å². The highest BCUT2D eigenvalue weighted by Crippen LogP contribution is 2.42. The van der Waals surface area contributed by atoms with Crippen LogP contribution in [0.4, 0.5) is 0 Å². The topological polar surface area (TPSA) is 21.7 Å². The number of hydrogen-bond donors (Lipinski definition) is 0. The smallest absolute Gasteiger partial charge is 0.179 e. The summed E-state index contributed by atoms with van der Waals surface area (Å²) in [5.41, 5.74) is 1.19. The maximum absolute atomic E-state index is 5.98. The summed E-state index contributed by atoms with van der Waals surface area (Å²) >= 11 is 0. The average molecular weight is 247 g/mol. The van der Waals surface area contributed by atoms with Crippen LogP contribution in [0.5, 0.6) is 0 Å². The summed E-state index contributed by atoms with van der Waals surface area (Å²) < 4.78 is 5.98. The highest BCUT2D eigenvalue weighted by Gasteiger charge is 2.50. The Morgan fingerprint density at radius 3 is 2.72 bits per heavy atom. The van der Waals surface area contributed by atoms with E-state index in [0.29, 0.717) is 12.0 Å². The van der Waals surface area contributed by atoms with Crippen molar-refractivity contribution in [3.8, 4) is 0 Å². The molecule has 2 aliphatic rings. The van der Waals surface area contributed by atoms with E-state index in [4.69, 9.17) is 9.57 Å². The number of rotatable bonds is 2. The number of hydroxylamine groups is 2. The Labute approximate surface area is 109 Å². The quantitative estimate of drug-likeness (QED) is 0.802. The van der Waals surface area contributed by atoms with E-state index in [9.17, 15) is 0 Å². The van der Waals surface area contributed by atoms with Crippen LogP contribution in [0.1, 0.15) is 32.8 Å². The van der Waals surface area contributed by atoms with Crippen molar-refractivity contribution in [1.29, 1.82) is 0 Å². The molecule has 1 aromatic carbocycles. The second-order valence-corrected chi connectivity index (χ2v) is 5.91. The number of ether oxygens (including phenoxy) is 1. The fraction of sp³-hybridized carbons (Fsp3) is 0.600. The summed E-state index contributed by atoms with van der Waals surface area (Å²) in [6.45, 7) is 7.41. The van der Waals surface area contributed by atoms with E-state index < -0.39 is 0 Å². The molecule has 0 aliphatic carbocycles. The zero-order chi connectivity index (χ0) is 12.8. The molecule has 18 heavy (non-hydrogen) atoms. The maximum atomic E-state index is 5.98. The molecule has 0 amide bonds. The van der Waals surface area contributed by atoms with Crippen LogP contribution in [0.3, 0.4) is 0 Å². The van der Waals surface area contributed by atoms with Crippen molar-refractivity contribution in [3.63, 3.8) is 0 Å². The average Bonchev–Trinajstić information content (AvgIpc) is 2.67. The Kier molecular flexibility index (Phi) is 2.93. The van der Waals surface area contributed by atoms with E-state index >= 15 is 0 Å². The number of benzene rings is 1. The SMILES string of the molecule is CC1C2CC(ON2Cc2ccccc2)OC1(C)C. The summed E-state index contributed by atoms with van der Waals surface area (Å²) in [4.78, 5) is 5.91. The van der Waals surface area contributed by atoms with Crippen molar-refractivity contribution < 1.29 is 9.57 Å². The predicted octanol–water partition coefficient (Wildman–Crippen LogP) is 2.96. The van der Waals surface area contributed by atoms with Crippen LogP contribution >= 0.6 is 0 Å². The molecule has 2 bridgehead atoms. The molecule has 1 aromatic rings. The molecule has 2 saturated heterocycles. The van der Waals surface area contributed by atoms with Crippen molar-refractivity contribution >= 4 is 0 Å². The third-order valence-electron chi connectivity index (χ3n) is 4.35. The normalized spacial score (nSPS) is 34.7. The molecule has 0 saturated carbocycles. The predicted molar refractivity (Wildman–Crippen MR) is 69.6 cm³/mol. The summed E-state index contributed by atoms with van der Waals surface area (Å²) in [5, 5.41) is 2.11. The highest BCUT2D eigenvalue weighted by molar-refractivity contribution is 5.14. The van der Waals surface area contributed by atoms with Crippen molar-refractivity contribution in [3.05, 3.63) is 35.9 Å². The first kappa shape index (κ1) is 12.2. The van der Waals surface area contributed by atoms with Gasteiger partial charge in [-0.3, -0.25) is 4.84 Å². The molecular formula is C15H21NO2. The zero-order valence-corrected chi connectivity index (χ0v) is 11.3. The third-order valence-corrected chi connectivity index (χ3v) is 4.35. The van der Waals surface area contributed by atoms with Gasteiger partial charge in [0.2, 0.25) is 0 Å². The fourth-order valence-electron chi connectivity index (χ4n) is 2.94. The molecule has 0 spiro atoms. The van der Waals surface area contributed by atoms with Crippen molar-refractivity contribution in [2.24, 2.45) is 5.92 Å². The van der Waals surface area contributed by atoms with E-state index in [-0.39, 0.29) is 11.9 Å². The third kappa shape index (κ3) is 2.07. The van der Waals surface area contributed by atoms with Crippen LogP contribution in [0.2, 0.25) is 0 Å². The molecule has 3 atom stereocenters. The summed E-state index contributed by atoms with van der Waals surface area (Å²) in [7, 11) is 0. The van der Waals surface area contributed by atoms with Gasteiger partial charge in [-0.15, -0.1) is 0 Å². The first-order valence-electron chi connectivity index (χ1n) is 6.71. The van der Waals surface area contributed by atoms with Gasteiger partial charge >= 0.3 is 0 Å². The van der Waals surface area contributed by atoms with Crippen LogP contribution in [0.15, 0.2) is 30.3 Å². The van der Waals surface area contributed by atoms with Crippen LogP contribution in [0, 0.1) is 5.92 Å². The minimum Gasteiger partial charge on any atom is -0.345 e. The molecular weight excluding hydrogens is 226 g/mol. The largest absolute Gasteiger partial charge is 0.345 e. The van der Waals surface area contributed by atoms with Gasteiger partial charge in [0.25, 0.3) is 0 Å². The maximum Gasteiger partial charge on any atom is 0.179 e. The van der Waals surface area contributed by atoms with Gasteiger partial charge in [0, 0.05) is 24.9 Å². The summed E-state index contributed by atoms with van der Waals surface area (Å²) in [5.74, 6) is 0.472. The molecule has 3 rings (SSSR count). The number of hydrogen-bond acceptors (Lipinski definition) is 3. The van der Waals surface area contributed by atoms with Gasteiger partial charge in [-0.1, -0.05) is 37.3 Å². The minimum absolute atomic E-state index is 0.0649. The Bertz CT molecular complexity index is 418. The van der Waals surface area contributed by atoms with Crippen LogP contribution in [-0.4, -0.2) is 23.0 Å². The Hall–Kier alpha value is -0.900. The van der Waals surface area contributed by atoms with Gasteiger partial charge in [-0.2, -0.15) is 5.06 Å². The molecule has 3 unspecified atom stereocenters. The highest BCUT2D eigenvalue weighted by atomic mass is 16.8. The summed E-state index contributed by atoms with van der Waals surface area (Å²) in [6.07, 6.45) is 0.919. The zero-order valence-electron chi connectivity index (χ0n) is 11.3. The molecule has 0 N–H and O–H groups in total. The Morgan fingerprint density at radius 1 is 1.28 bits per heavy atom. The Morgan fingerprint density at radius 2 is 2.00 bits per heavy atom. The van der Waals surface area contributed by atoms with Crippen LogP contribution < -0.4 is 0 Å². The van der Waals surface area contributed by atoms with Gasteiger partial charge in [0.05, 0.1) is 5.60 Å². The minimum atomic E-state index is -0.0982. The van der Waals surface area contributed by atoms with Gasteiger partial charge in [-0.05, 0) is 19.4 Å². The van der Waals surface area contributed by atoms with Gasteiger partial charge in [-0.25, -0.2) is 0 Å². The Balaban J connectivity index is 1.76. The van der Waals surface area contributed by atoms with Crippen LogP contribution in [0.25, 0.3) is 0 Å². The molecule has 0 aromatic heterocycles. The molecule has 3 nitrogen and oxygen atoms in total. The molecule has 2 heterocycles. The number of nitrogens with zero attached hydrogens (tertiary/aromatic N) is 1. The number of fused-ring (bicyclic) bond motifs is 2. The van der Waals surface area contributed by atoms with Gasteiger partial charge in [0.15, 0.2) is 6.29 Å². The van der Waals surface area contributed by atoms with E-state index in [1.165, 1.54) is 5.56 Å². The molecule has 3 heteroatoms. The molecule has 2 aliphatic heterocycles. The lowest BCUT2D eigenvalue weighted by molar-refractivity contribution is -0.253. The fourth-order valence-corrected chi connectivity index (χ4v) is 2.94. The van der Waals surface area contributed by atoms with E-state index in [0.717, 1.165) is 13.0 Å². The second-order valence-electron chi connectivity index (χ2n) is 5.91.